The lowest BCUT2D eigenvalue weighted by Gasteiger charge is -2.06. The molecule has 2 rings (SSSR count). The largest absolute Gasteiger partial charge is 0.435 e. The zero-order chi connectivity index (χ0) is 11.8. The highest BCUT2D eigenvalue weighted by Crippen LogP contribution is 2.26. The van der Waals surface area contributed by atoms with Crippen molar-refractivity contribution in [2.45, 2.75) is 13.1 Å². The van der Waals surface area contributed by atoms with Crippen LogP contribution in [0.1, 0.15) is 11.5 Å². The number of nitrogens with zero attached hydrogens (tertiary/aromatic N) is 4. The van der Waals surface area contributed by atoms with E-state index in [0.717, 1.165) is 6.07 Å². The Balaban J connectivity index is 2.37. The summed E-state index contributed by atoms with van der Waals surface area (Å²) in [5.41, 5.74) is -1.01. The van der Waals surface area contributed by atoms with E-state index >= 15 is 0 Å². The fourth-order valence-electron chi connectivity index (χ4n) is 1.22. The van der Waals surface area contributed by atoms with Crippen molar-refractivity contribution in [1.82, 2.24) is 19.7 Å². The average Bonchev–Trinajstić information content (AvgIpc) is 2.63. The monoisotopic (exact) mass is 228 g/mol. The molecule has 7 heteroatoms. The second-order valence-corrected chi connectivity index (χ2v) is 3.12. The van der Waals surface area contributed by atoms with E-state index in [4.69, 9.17) is 0 Å². The van der Waals surface area contributed by atoms with Gasteiger partial charge in [-0.25, -0.2) is 4.98 Å². The van der Waals surface area contributed by atoms with Gasteiger partial charge in [0.2, 0.25) is 0 Å². The molecular weight excluding hydrogens is 221 g/mol. The molecular formula is C9H7F3N4. The Morgan fingerprint density at radius 2 is 1.94 bits per heavy atom. The second-order valence-electron chi connectivity index (χ2n) is 3.12. The maximum Gasteiger partial charge on any atom is 0.435 e. The summed E-state index contributed by atoms with van der Waals surface area (Å²) in [5.74, 6) is 0.942. The molecule has 16 heavy (non-hydrogen) atoms. The molecule has 2 aromatic heterocycles. The van der Waals surface area contributed by atoms with E-state index in [1.54, 1.807) is 17.7 Å². The van der Waals surface area contributed by atoms with Gasteiger partial charge >= 0.3 is 6.18 Å². The number of imidazole rings is 1. The molecule has 2 aromatic rings. The van der Waals surface area contributed by atoms with Crippen molar-refractivity contribution < 1.29 is 13.2 Å². The van der Waals surface area contributed by atoms with Crippen molar-refractivity contribution in [3.8, 4) is 5.82 Å². The fraction of sp³-hybridized carbons (Fsp3) is 0.222. The van der Waals surface area contributed by atoms with E-state index in [-0.39, 0.29) is 0 Å². The summed E-state index contributed by atoms with van der Waals surface area (Å²) < 4.78 is 38.2. The second kappa shape index (κ2) is 3.58. The summed E-state index contributed by atoms with van der Waals surface area (Å²) in [7, 11) is 0. The number of halogens is 3. The number of aryl methyl sites for hydroxylation is 1. The van der Waals surface area contributed by atoms with Gasteiger partial charge < -0.3 is 0 Å². The van der Waals surface area contributed by atoms with E-state index in [2.05, 4.69) is 15.2 Å². The van der Waals surface area contributed by atoms with Crippen molar-refractivity contribution in [2.75, 3.05) is 0 Å². The van der Waals surface area contributed by atoms with Gasteiger partial charge in [0.25, 0.3) is 0 Å². The highest BCUT2D eigenvalue weighted by atomic mass is 19.4. The van der Waals surface area contributed by atoms with Crippen molar-refractivity contribution in [3.05, 3.63) is 36.0 Å². The first-order chi connectivity index (χ1) is 7.48. The SMILES string of the molecule is Cc1nccn1-c1ccc(C(F)(F)F)nn1. The number of hydrogen-bond donors (Lipinski definition) is 0. The van der Waals surface area contributed by atoms with E-state index < -0.39 is 11.9 Å². The minimum Gasteiger partial charge on any atom is -0.287 e. The molecule has 0 fully saturated rings. The zero-order valence-electron chi connectivity index (χ0n) is 8.23. The molecule has 0 aliphatic carbocycles. The molecule has 0 amide bonds. The van der Waals surface area contributed by atoms with Crippen LogP contribution >= 0.6 is 0 Å². The summed E-state index contributed by atoms with van der Waals surface area (Å²) in [6, 6.07) is 2.15. The molecule has 0 aliphatic heterocycles. The molecule has 0 saturated carbocycles. The van der Waals surface area contributed by atoms with Crippen molar-refractivity contribution in [2.24, 2.45) is 0 Å². The lowest BCUT2D eigenvalue weighted by atomic mass is 10.4. The van der Waals surface area contributed by atoms with Gasteiger partial charge in [0.15, 0.2) is 11.5 Å². The van der Waals surface area contributed by atoms with Crippen LogP contribution in [0.25, 0.3) is 5.82 Å². The molecule has 0 spiro atoms. The minimum absolute atomic E-state index is 0.308. The van der Waals surface area contributed by atoms with Gasteiger partial charge in [-0.15, -0.1) is 10.2 Å². The third-order valence-electron chi connectivity index (χ3n) is 2.01. The molecule has 2 heterocycles. The van der Waals surface area contributed by atoms with Gasteiger partial charge in [-0.1, -0.05) is 0 Å². The van der Waals surface area contributed by atoms with Crippen molar-refractivity contribution in [1.29, 1.82) is 0 Å². The summed E-state index contributed by atoms with van der Waals surface area (Å²) in [6.45, 7) is 1.72. The highest BCUT2D eigenvalue weighted by molar-refractivity contribution is 5.24. The van der Waals surface area contributed by atoms with Crippen molar-refractivity contribution in [3.63, 3.8) is 0 Å². The topological polar surface area (TPSA) is 43.6 Å². The molecule has 84 valence electrons. The molecule has 0 bridgehead atoms. The van der Waals surface area contributed by atoms with Crippen LogP contribution in [-0.2, 0) is 6.18 Å². The van der Waals surface area contributed by atoms with Gasteiger partial charge in [0, 0.05) is 12.4 Å². The normalized spacial score (nSPS) is 11.8. The molecule has 0 aromatic carbocycles. The maximum absolute atomic E-state index is 12.2. The Labute approximate surface area is 88.8 Å². The molecule has 0 N–H and O–H groups in total. The standard InChI is InChI=1S/C9H7F3N4/c1-6-13-4-5-16(6)8-3-2-7(14-15-8)9(10,11)12/h2-5H,1H3. The van der Waals surface area contributed by atoms with E-state index in [1.165, 1.54) is 12.3 Å². The lowest BCUT2D eigenvalue weighted by molar-refractivity contribution is -0.141. The quantitative estimate of drug-likeness (QED) is 0.749. The lowest BCUT2D eigenvalue weighted by Crippen LogP contribution is -2.10. The van der Waals surface area contributed by atoms with Crippen LogP contribution < -0.4 is 0 Å². The summed E-state index contributed by atoms with van der Waals surface area (Å²) in [5, 5.41) is 6.62. The Hall–Kier alpha value is -1.92. The molecule has 0 atom stereocenters. The van der Waals surface area contributed by atoms with Crippen LogP contribution in [0.4, 0.5) is 13.2 Å². The van der Waals surface area contributed by atoms with Gasteiger partial charge in [-0.05, 0) is 19.1 Å². The number of rotatable bonds is 1. The Bertz CT molecular complexity index is 486. The van der Waals surface area contributed by atoms with E-state index in [1.807, 2.05) is 0 Å². The third-order valence-corrected chi connectivity index (χ3v) is 2.01. The van der Waals surface area contributed by atoms with Gasteiger partial charge in [0.05, 0.1) is 0 Å². The first-order valence-corrected chi connectivity index (χ1v) is 4.40. The Kier molecular flexibility index (Phi) is 2.37. The molecule has 0 radical (unpaired) electrons. The molecule has 0 saturated heterocycles. The predicted octanol–water partition coefficient (Wildman–Crippen LogP) is 1.99. The van der Waals surface area contributed by atoms with Gasteiger partial charge in [-0.2, -0.15) is 13.2 Å². The number of hydrogen-bond acceptors (Lipinski definition) is 3. The highest BCUT2D eigenvalue weighted by Gasteiger charge is 2.32. The van der Waals surface area contributed by atoms with E-state index in [0.29, 0.717) is 11.6 Å². The average molecular weight is 228 g/mol. The van der Waals surface area contributed by atoms with Gasteiger partial charge in [0.1, 0.15) is 5.82 Å². The first kappa shape index (κ1) is 10.6. The third kappa shape index (κ3) is 1.88. The summed E-state index contributed by atoms with van der Waals surface area (Å²) >= 11 is 0. The van der Waals surface area contributed by atoms with E-state index in [9.17, 15) is 13.2 Å². The molecule has 4 nitrogen and oxygen atoms in total. The van der Waals surface area contributed by atoms with Crippen LogP contribution in [0.2, 0.25) is 0 Å². The maximum atomic E-state index is 12.2. The van der Waals surface area contributed by atoms with Crippen LogP contribution in [-0.4, -0.2) is 19.7 Å². The number of alkyl halides is 3. The zero-order valence-corrected chi connectivity index (χ0v) is 8.23. The minimum atomic E-state index is -4.46. The fourth-order valence-corrected chi connectivity index (χ4v) is 1.22. The number of aromatic nitrogens is 4. The van der Waals surface area contributed by atoms with Crippen LogP contribution in [0.3, 0.4) is 0 Å². The Morgan fingerprint density at radius 1 is 1.19 bits per heavy atom. The summed E-state index contributed by atoms with van der Waals surface area (Å²) in [6.07, 6.45) is -1.32. The van der Waals surface area contributed by atoms with Crippen molar-refractivity contribution >= 4 is 0 Å². The van der Waals surface area contributed by atoms with Crippen LogP contribution in [0.15, 0.2) is 24.5 Å². The predicted molar refractivity (Wildman–Crippen MR) is 48.9 cm³/mol. The van der Waals surface area contributed by atoms with Gasteiger partial charge in [-0.3, -0.25) is 4.57 Å². The smallest absolute Gasteiger partial charge is 0.287 e. The van der Waals surface area contributed by atoms with Crippen LogP contribution in [0, 0.1) is 6.92 Å². The first-order valence-electron chi connectivity index (χ1n) is 4.40. The molecule has 0 unspecified atom stereocenters. The molecule has 0 aliphatic rings. The summed E-state index contributed by atoms with van der Waals surface area (Å²) in [4.78, 5) is 3.94. The Morgan fingerprint density at radius 3 is 2.38 bits per heavy atom. The van der Waals surface area contributed by atoms with Crippen LogP contribution in [0.5, 0.6) is 0 Å².